The second kappa shape index (κ2) is 5.83. The first-order chi connectivity index (χ1) is 12.4. The summed E-state index contributed by atoms with van der Waals surface area (Å²) in [5, 5.41) is 12.4. The van der Waals surface area contributed by atoms with Crippen LogP contribution in [0.4, 0.5) is 0 Å². The summed E-state index contributed by atoms with van der Waals surface area (Å²) in [5.41, 5.74) is 1.16. The monoisotopic (exact) mass is 356 g/mol. The first-order valence-electron chi connectivity index (χ1n) is 9.27. The van der Waals surface area contributed by atoms with Crippen LogP contribution in [0.25, 0.3) is 0 Å². The van der Waals surface area contributed by atoms with Gasteiger partial charge in [0, 0.05) is 19.5 Å². The molecule has 0 bridgehead atoms. The summed E-state index contributed by atoms with van der Waals surface area (Å²) in [6.45, 7) is 3.02. The van der Waals surface area contributed by atoms with Crippen molar-refractivity contribution in [2.75, 3.05) is 13.1 Å². The summed E-state index contributed by atoms with van der Waals surface area (Å²) >= 11 is 0. The summed E-state index contributed by atoms with van der Waals surface area (Å²) in [6, 6.07) is 8.17. The van der Waals surface area contributed by atoms with E-state index < -0.39 is 22.8 Å². The molecule has 4 rings (SSSR count). The molecular formula is C20H24N2O4. The zero-order chi connectivity index (χ0) is 18.5. The van der Waals surface area contributed by atoms with Crippen molar-refractivity contribution < 1.29 is 19.5 Å². The number of aliphatic carboxylic acids is 1. The molecule has 2 saturated heterocycles. The maximum absolute atomic E-state index is 13.2. The Morgan fingerprint density at radius 3 is 2.27 bits per heavy atom. The summed E-state index contributed by atoms with van der Waals surface area (Å²) in [7, 11) is 0. The number of amides is 2. The number of carbonyl (C=O) groups excluding carboxylic acids is 2. The van der Waals surface area contributed by atoms with Crippen molar-refractivity contribution in [3.8, 4) is 0 Å². The number of hydrogen-bond acceptors (Lipinski definition) is 3. The standard InChI is InChI=1S/C20H24N2O4/c1-13-2-4-14(5-3-13)19(6-7-19)18(26)22-10-8-20(9-11-22)15(17(24)25)12-16(23)21-20/h2-5,15H,6-12H2,1H3,(H,21,23)(H,24,25)/t15-/m0/s1. The fraction of sp³-hybridized carbons (Fsp3) is 0.550. The van der Waals surface area contributed by atoms with E-state index in [1.807, 2.05) is 36.1 Å². The van der Waals surface area contributed by atoms with E-state index in [1.165, 1.54) is 5.56 Å². The van der Waals surface area contributed by atoms with Gasteiger partial charge in [0.1, 0.15) is 0 Å². The van der Waals surface area contributed by atoms with Gasteiger partial charge < -0.3 is 15.3 Å². The van der Waals surface area contributed by atoms with Gasteiger partial charge in [0.05, 0.1) is 16.9 Å². The Morgan fingerprint density at radius 2 is 1.73 bits per heavy atom. The number of carboxylic acids is 1. The lowest BCUT2D eigenvalue weighted by atomic mass is 9.77. The highest BCUT2D eigenvalue weighted by Crippen LogP contribution is 2.50. The SMILES string of the molecule is Cc1ccc(C2(C(=O)N3CCC4(CC3)NC(=O)C[C@H]4C(=O)O)CC2)cc1. The third-order valence-electron chi connectivity index (χ3n) is 6.45. The number of nitrogens with one attached hydrogen (secondary N) is 1. The molecule has 138 valence electrons. The lowest BCUT2D eigenvalue weighted by molar-refractivity contribution is -0.145. The van der Waals surface area contributed by atoms with Crippen molar-refractivity contribution in [2.24, 2.45) is 5.92 Å². The number of benzene rings is 1. The van der Waals surface area contributed by atoms with Crippen molar-refractivity contribution >= 4 is 17.8 Å². The van der Waals surface area contributed by atoms with E-state index in [-0.39, 0.29) is 18.2 Å². The number of rotatable bonds is 3. The number of carboxylic acid groups (broad SMARTS) is 1. The molecule has 2 N–H and O–H groups in total. The Labute approximate surface area is 152 Å². The maximum Gasteiger partial charge on any atom is 0.309 e. The summed E-state index contributed by atoms with van der Waals surface area (Å²) in [6.07, 6.45) is 2.78. The van der Waals surface area contributed by atoms with Crippen molar-refractivity contribution in [2.45, 2.75) is 50.0 Å². The quantitative estimate of drug-likeness (QED) is 0.861. The molecule has 2 amide bonds. The summed E-state index contributed by atoms with van der Waals surface area (Å²) < 4.78 is 0. The van der Waals surface area contributed by atoms with Gasteiger partial charge in [-0.1, -0.05) is 29.8 Å². The van der Waals surface area contributed by atoms with Crippen LogP contribution < -0.4 is 5.32 Å². The summed E-state index contributed by atoms with van der Waals surface area (Å²) in [4.78, 5) is 38.4. The molecule has 6 nitrogen and oxygen atoms in total. The van der Waals surface area contributed by atoms with Crippen molar-refractivity contribution in [1.29, 1.82) is 0 Å². The molecule has 1 spiro atoms. The largest absolute Gasteiger partial charge is 0.481 e. The van der Waals surface area contributed by atoms with Crippen LogP contribution in [-0.4, -0.2) is 46.4 Å². The molecule has 3 aliphatic rings. The molecule has 6 heteroatoms. The highest BCUT2D eigenvalue weighted by atomic mass is 16.4. The van der Waals surface area contributed by atoms with Crippen LogP contribution in [0, 0.1) is 12.8 Å². The molecule has 0 unspecified atom stereocenters. The van der Waals surface area contributed by atoms with Crippen LogP contribution >= 0.6 is 0 Å². The minimum absolute atomic E-state index is 0.0383. The smallest absolute Gasteiger partial charge is 0.309 e. The lowest BCUT2D eigenvalue weighted by Crippen LogP contribution is -2.57. The maximum atomic E-state index is 13.2. The molecule has 1 saturated carbocycles. The molecule has 2 aliphatic heterocycles. The second-order valence-electron chi connectivity index (χ2n) is 8.04. The molecule has 0 aromatic heterocycles. The molecule has 26 heavy (non-hydrogen) atoms. The first kappa shape index (κ1) is 17.1. The predicted octanol–water partition coefficient (Wildman–Crippen LogP) is 1.61. The molecule has 1 atom stereocenters. The van der Waals surface area contributed by atoms with E-state index >= 15 is 0 Å². The van der Waals surface area contributed by atoms with Crippen LogP contribution in [0.2, 0.25) is 0 Å². The van der Waals surface area contributed by atoms with E-state index in [0.717, 1.165) is 18.4 Å². The van der Waals surface area contributed by atoms with Gasteiger partial charge in [-0.05, 0) is 38.2 Å². The van der Waals surface area contributed by atoms with E-state index in [4.69, 9.17) is 0 Å². The van der Waals surface area contributed by atoms with Gasteiger partial charge in [-0.25, -0.2) is 0 Å². The van der Waals surface area contributed by atoms with Gasteiger partial charge >= 0.3 is 5.97 Å². The fourth-order valence-electron chi connectivity index (χ4n) is 4.63. The van der Waals surface area contributed by atoms with E-state index in [9.17, 15) is 19.5 Å². The Bertz CT molecular complexity index is 759. The van der Waals surface area contributed by atoms with E-state index in [2.05, 4.69) is 5.32 Å². The molecule has 1 aromatic rings. The average molecular weight is 356 g/mol. The van der Waals surface area contributed by atoms with Gasteiger partial charge in [0.2, 0.25) is 11.8 Å². The van der Waals surface area contributed by atoms with Crippen LogP contribution in [-0.2, 0) is 19.8 Å². The van der Waals surface area contributed by atoms with Crippen molar-refractivity contribution in [3.63, 3.8) is 0 Å². The second-order valence-corrected chi connectivity index (χ2v) is 8.04. The normalized spacial score (nSPS) is 25.8. The third kappa shape index (κ3) is 2.59. The van der Waals surface area contributed by atoms with E-state index in [1.54, 1.807) is 0 Å². The lowest BCUT2D eigenvalue weighted by Gasteiger charge is -2.42. The van der Waals surface area contributed by atoms with Gasteiger partial charge in [-0.15, -0.1) is 0 Å². The third-order valence-corrected chi connectivity index (χ3v) is 6.45. The molecule has 3 fully saturated rings. The molecule has 1 aliphatic carbocycles. The Morgan fingerprint density at radius 1 is 1.12 bits per heavy atom. The predicted molar refractivity (Wildman–Crippen MR) is 94.5 cm³/mol. The number of carbonyl (C=O) groups is 3. The number of aryl methyl sites for hydroxylation is 1. The van der Waals surface area contributed by atoms with Crippen LogP contribution in [0.1, 0.15) is 43.2 Å². The first-order valence-corrected chi connectivity index (χ1v) is 9.27. The number of nitrogens with zero attached hydrogens (tertiary/aromatic N) is 1. The zero-order valence-corrected chi connectivity index (χ0v) is 15.0. The highest BCUT2D eigenvalue weighted by Gasteiger charge is 2.56. The van der Waals surface area contributed by atoms with Gasteiger partial charge in [0.25, 0.3) is 0 Å². The molecule has 0 radical (unpaired) electrons. The van der Waals surface area contributed by atoms with Crippen molar-refractivity contribution in [1.82, 2.24) is 10.2 Å². The molecule has 2 heterocycles. The number of hydrogen-bond donors (Lipinski definition) is 2. The number of piperidine rings is 1. The van der Waals surface area contributed by atoms with Crippen LogP contribution in [0.3, 0.4) is 0 Å². The Hall–Kier alpha value is -2.37. The van der Waals surface area contributed by atoms with Gasteiger partial charge in [-0.2, -0.15) is 0 Å². The zero-order valence-electron chi connectivity index (χ0n) is 15.0. The van der Waals surface area contributed by atoms with Crippen LogP contribution in [0.15, 0.2) is 24.3 Å². The highest BCUT2D eigenvalue weighted by molar-refractivity contribution is 5.92. The van der Waals surface area contributed by atoms with Crippen LogP contribution in [0.5, 0.6) is 0 Å². The van der Waals surface area contributed by atoms with Crippen molar-refractivity contribution in [3.05, 3.63) is 35.4 Å². The number of likely N-dealkylation sites (tertiary alicyclic amines) is 1. The Kier molecular flexibility index (Phi) is 3.82. The van der Waals surface area contributed by atoms with E-state index in [0.29, 0.717) is 25.9 Å². The summed E-state index contributed by atoms with van der Waals surface area (Å²) in [5.74, 6) is -1.68. The topological polar surface area (TPSA) is 86.7 Å². The minimum Gasteiger partial charge on any atom is -0.481 e. The van der Waals surface area contributed by atoms with Gasteiger partial charge in [-0.3, -0.25) is 14.4 Å². The fourth-order valence-corrected chi connectivity index (χ4v) is 4.63. The Balaban J connectivity index is 1.48. The average Bonchev–Trinajstić information content (AvgIpc) is 3.36. The molecule has 1 aromatic carbocycles. The minimum atomic E-state index is -0.929. The van der Waals surface area contributed by atoms with Gasteiger partial charge in [0.15, 0.2) is 0 Å². The molecular weight excluding hydrogens is 332 g/mol.